The van der Waals surface area contributed by atoms with E-state index in [0.29, 0.717) is 17.9 Å². The van der Waals surface area contributed by atoms with E-state index >= 15 is 0 Å². The van der Waals surface area contributed by atoms with Gasteiger partial charge in [-0.05, 0) is 50.1 Å². The van der Waals surface area contributed by atoms with Gasteiger partial charge in [-0.1, -0.05) is 12.1 Å². The Bertz CT molecular complexity index is 786. The number of carbonyl (C=O) groups is 1. The Balaban J connectivity index is 1.54. The van der Waals surface area contributed by atoms with Crippen molar-refractivity contribution in [2.45, 2.75) is 20.3 Å². The molecule has 0 radical (unpaired) electrons. The first kappa shape index (κ1) is 15.1. The Morgan fingerprint density at radius 2 is 2.04 bits per heavy atom. The van der Waals surface area contributed by atoms with E-state index in [9.17, 15) is 4.79 Å². The molecule has 0 spiro atoms. The van der Waals surface area contributed by atoms with Crippen molar-refractivity contribution in [3.05, 3.63) is 71.4 Å². The molecule has 0 atom stereocenters. The first-order valence-electron chi connectivity index (χ1n) is 7.57. The highest BCUT2D eigenvalue weighted by Gasteiger charge is 2.12. The summed E-state index contributed by atoms with van der Waals surface area (Å²) in [5, 5.41) is 7.12. The number of aromatic nitrogens is 2. The number of aryl methyl sites for hydroxylation is 2. The molecule has 1 N–H and O–H groups in total. The van der Waals surface area contributed by atoms with Gasteiger partial charge in [0, 0.05) is 18.9 Å². The first-order chi connectivity index (χ1) is 11.1. The zero-order valence-electron chi connectivity index (χ0n) is 13.2. The largest absolute Gasteiger partial charge is 0.466 e. The second kappa shape index (κ2) is 6.52. The van der Waals surface area contributed by atoms with Crippen LogP contribution in [-0.2, 0) is 6.42 Å². The van der Waals surface area contributed by atoms with Crippen LogP contribution in [-0.4, -0.2) is 22.2 Å². The molecular formula is C18H19N3O2. The van der Waals surface area contributed by atoms with Crippen LogP contribution in [0.15, 0.2) is 53.2 Å². The fourth-order valence-corrected chi connectivity index (χ4v) is 2.51. The number of rotatable bonds is 5. The maximum atomic E-state index is 12.1. The van der Waals surface area contributed by atoms with Gasteiger partial charge >= 0.3 is 0 Å². The lowest BCUT2D eigenvalue weighted by Gasteiger charge is -2.06. The number of hydrogen-bond acceptors (Lipinski definition) is 3. The maximum Gasteiger partial charge on any atom is 0.254 e. The SMILES string of the molecule is Cc1cc(C(=O)NCCc2ccc(-n3cccn3)cc2)c(C)o1. The summed E-state index contributed by atoms with van der Waals surface area (Å²) in [6.45, 7) is 4.23. The summed E-state index contributed by atoms with van der Waals surface area (Å²) < 4.78 is 7.19. The minimum Gasteiger partial charge on any atom is -0.466 e. The number of amides is 1. The quantitative estimate of drug-likeness (QED) is 0.788. The topological polar surface area (TPSA) is 60.1 Å². The second-order valence-electron chi connectivity index (χ2n) is 5.45. The van der Waals surface area contributed by atoms with Crippen molar-refractivity contribution in [2.75, 3.05) is 6.54 Å². The van der Waals surface area contributed by atoms with Crippen LogP contribution in [0.1, 0.15) is 27.4 Å². The Hall–Kier alpha value is -2.82. The zero-order chi connectivity index (χ0) is 16.2. The maximum absolute atomic E-state index is 12.1. The molecular weight excluding hydrogens is 290 g/mol. The van der Waals surface area contributed by atoms with E-state index in [1.54, 1.807) is 19.2 Å². The average Bonchev–Trinajstić information content (AvgIpc) is 3.17. The number of furan rings is 1. The fraction of sp³-hybridized carbons (Fsp3) is 0.222. The van der Waals surface area contributed by atoms with Crippen LogP contribution in [0, 0.1) is 13.8 Å². The first-order valence-corrected chi connectivity index (χ1v) is 7.57. The highest BCUT2D eigenvalue weighted by Crippen LogP contribution is 2.13. The monoisotopic (exact) mass is 309 g/mol. The van der Waals surface area contributed by atoms with E-state index < -0.39 is 0 Å². The van der Waals surface area contributed by atoms with Crippen molar-refractivity contribution >= 4 is 5.91 Å². The van der Waals surface area contributed by atoms with Crippen molar-refractivity contribution in [3.8, 4) is 5.69 Å². The summed E-state index contributed by atoms with van der Waals surface area (Å²) in [7, 11) is 0. The molecule has 2 heterocycles. The molecule has 1 aromatic carbocycles. The molecule has 0 aliphatic carbocycles. The van der Waals surface area contributed by atoms with Crippen molar-refractivity contribution in [1.29, 1.82) is 0 Å². The highest BCUT2D eigenvalue weighted by molar-refractivity contribution is 5.95. The molecule has 0 saturated heterocycles. The molecule has 3 aromatic rings. The number of carbonyl (C=O) groups excluding carboxylic acids is 1. The molecule has 5 heteroatoms. The van der Waals surface area contributed by atoms with Gasteiger partial charge in [0.15, 0.2) is 0 Å². The van der Waals surface area contributed by atoms with Crippen LogP contribution in [0.2, 0.25) is 0 Å². The van der Waals surface area contributed by atoms with Crippen molar-refractivity contribution in [2.24, 2.45) is 0 Å². The normalized spacial score (nSPS) is 10.7. The van der Waals surface area contributed by atoms with E-state index in [2.05, 4.69) is 22.5 Å². The highest BCUT2D eigenvalue weighted by atomic mass is 16.3. The van der Waals surface area contributed by atoms with Gasteiger partial charge in [-0.2, -0.15) is 5.10 Å². The van der Waals surface area contributed by atoms with E-state index in [-0.39, 0.29) is 5.91 Å². The summed E-state index contributed by atoms with van der Waals surface area (Å²) in [5.74, 6) is 1.32. The molecule has 118 valence electrons. The lowest BCUT2D eigenvalue weighted by Crippen LogP contribution is -2.25. The smallest absolute Gasteiger partial charge is 0.254 e. The summed E-state index contributed by atoms with van der Waals surface area (Å²) in [5.41, 5.74) is 2.80. The fourth-order valence-electron chi connectivity index (χ4n) is 2.51. The average molecular weight is 309 g/mol. The predicted octanol–water partition coefficient (Wildman–Crippen LogP) is 3.05. The predicted molar refractivity (Wildman–Crippen MR) is 87.8 cm³/mol. The molecule has 3 rings (SSSR count). The van der Waals surface area contributed by atoms with E-state index in [0.717, 1.165) is 17.9 Å². The van der Waals surface area contributed by atoms with Crippen LogP contribution in [0.25, 0.3) is 5.69 Å². The molecule has 23 heavy (non-hydrogen) atoms. The van der Waals surface area contributed by atoms with Crippen LogP contribution >= 0.6 is 0 Å². The molecule has 0 unspecified atom stereocenters. The van der Waals surface area contributed by atoms with Crippen LogP contribution in [0.5, 0.6) is 0 Å². The minimum atomic E-state index is -0.0903. The van der Waals surface area contributed by atoms with Crippen molar-refractivity contribution in [3.63, 3.8) is 0 Å². The third-order valence-corrected chi connectivity index (χ3v) is 3.69. The number of nitrogens with zero attached hydrogens (tertiary/aromatic N) is 2. The van der Waals surface area contributed by atoms with Crippen LogP contribution in [0.3, 0.4) is 0 Å². The van der Waals surface area contributed by atoms with E-state index in [1.807, 2.05) is 36.0 Å². The Morgan fingerprint density at radius 3 is 2.65 bits per heavy atom. The minimum absolute atomic E-state index is 0.0903. The summed E-state index contributed by atoms with van der Waals surface area (Å²) in [4.78, 5) is 12.1. The van der Waals surface area contributed by atoms with E-state index in [4.69, 9.17) is 4.42 Å². The molecule has 2 aromatic heterocycles. The van der Waals surface area contributed by atoms with E-state index in [1.165, 1.54) is 5.56 Å². The van der Waals surface area contributed by atoms with Gasteiger partial charge in [0.2, 0.25) is 0 Å². The number of benzene rings is 1. The zero-order valence-corrected chi connectivity index (χ0v) is 13.2. The van der Waals surface area contributed by atoms with Crippen molar-refractivity contribution in [1.82, 2.24) is 15.1 Å². The summed E-state index contributed by atoms with van der Waals surface area (Å²) >= 11 is 0. The molecule has 0 bridgehead atoms. The standard InChI is InChI=1S/C18H19N3O2/c1-13-12-17(14(2)23-13)18(22)19-10-8-15-4-6-16(7-5-15)21-11-3-9-20-21/h3-7,9,11-12H,8,10H2,1-2H3,(H,19,22). The Kier molecular flexibility index (Phi) is 4.28. The van der Waals surface area contributed by atoms with Gasteiger partial charge in [-0.3, -0.25) is 4.79 Å². The van der Waals surface area contributed by atoms with Crippen LogP contribution in [0.4, 0.5) is 0 Å². The molecule has 0 aliphatic heterocycles. The summed E-state index contributed by atoms with van der Waals surface area (Å²) in [6, 6.07) is 11.8. The Labute approximate surface area is 134 Å². The molecule has 0 aliphatic rings. The third-order valence-electron chi connectivity index (χ3n) is 3.69. The van der Waals surface area contributed by atoms with Crippen LogP contribution < -0.4 is 5.32 Å². The molecule has 5 nitrogen and oxygen atoms in total. The number of nitrogens with one attached hydrogen (secondary N) is 1. The lowest BCUT2D eigenvalue weighted by atomic mass is 10.1. The third kappa shape index (κ3) is 3.51. The lowest BCUT2D eigenvalue weighted by molar-refractivity contribution is 0.0952. The van der Waals surface area contributed by atoms with Gasteiger partial charge < -0.3 is 9.73 Å². The molecule has 0 fully saturated rings. The number of hydrogen-bond donors (Lipinski definition) is 1. The Morgan fingerprint density at radius 1 is 1.26 bits per heavy atom. The van der Waals surface area contributed by atoms with Gasteiger partial charge in [-0.15, -0.1) is 0 Å². The van der Waals surface area contributed by atoms with Crippen molar-refractivity contribution < 1.29 is 9.21 Å². The second-order valence-corrected chi connectivity index (χ2v) is 5.45. The molecule has 0 saturated carbocycles. The van der Waals surface area contributed by atoms with Gasteiger partial charge in [0.05, 0.1) is 11.3 Å². The molecule has 1 amide bonds. The van der Waals surface area contributed by atoms with Gasteiger partial charge in [-0.25, -0.2) is 4.68 Å². The van der Waals surface area contributed by atoms with Gasteiger partial charge in [0.25, 0.3) is 5.91 Å². The van der Waals surface area contributed by atoms with Gasteiger partial charge in [0.1, 0.15) is 11.5 Å². The summed E-state index contributed by atoms with van der Waals surface area (Å²) in [6.07, 6.45) is 4.44.